The van der Waals surface area contributed by atoms with Crippen molar-refractivity contribution >= 4 is 28.3 Å². The van der Waals surface area contributed by atoms with Gasteiger partial charge >= 0.3 is 0 Å². The Morgan fingerprint density at radius 3 is 2.92 bits per heavy atom. The number of hydrogen-bond donors (Lipinski definition) is 2. The lowest BCUT2D eigenvalue weighted by atomic mass is 10.0. The second-order valence-corrected chi connectivity index (χ2v) is 6.54. The second kappa shape index (κ2) is 7.13. The molecule has 0 unspecified atom stereocenters. The maximum atomic E-state index is 12.5. The molecule has 0 atom stereocenters. The molecule has 2 N–H and O–H groups in total. The van der Waals surface area contributed by atoms with Crippen molar-refractivity contribution in [2.45, 2.75) is 19.4 Å². The van der Waals surface area contributed by atoms with Gasteiger partial charge in [-0.05, 0) is 24.8 Å². The maximum Gasteiger partial charge on any atom is 0.296 e. The molecular formula is C19H20N4O3. The molecule has 1 saturated heterocycles. The fourth-order valence-corrected chi connectivity index (χ4v) is 3.29. The van der Waals surface area contributed by atoms with E-state index in [1.54, 1.807) is 18.6 Å². The first-order valence-corrected chi connectivity index (χ1v) is 8.73. The number of carbonyl (C=O) groups is 2. The number of carbonyl (C=O) groups excluding carboxylic acids is 2. The molecule has 7 heteroatoms. The molecule has 26 heavy (non-hydrogen) atoms. The lowest BCUT2D eigenvalue weighted by Gasteiger charge is -2.21. The van der Waals surface area contributed by atoms with Gasteiger partial charge in [0.1, 0.15) is 0 Å². The molecule has 1 fully saturated rings. The van der Waals surface area contributed by atoms with Gasteiger partial charge in [0, 0.05) is 43.1 Å². The Hall–Kier alpha value is -2.93. The lowest BCUT2D eigenvalue weighted by molar-refractivity contribution is -0.112. The number of aromatic nitrogens is 3. The van der Waals surface area contributed by atoms with Crippen LogP contribution in [0.2, 0.25) is 0 Å². The number of ether oxygens (including phenoxy) is 1. The number of amides is 1. The van der Waals surface area contributed by atoms with Crippen LogP contribution in [-0.4, -0.2) is 39.7 Å². The van der Waals surface area contributed by atoms with Crippen LogP contribution in [0.5, 0.6) is 0 Å². The van der Waals surface area contributed by atoms with Crippen LogP contribution in [0.1, 0.15) is 23.2 Å². The fraction of sp³-hybridized carbons (Fsp3) is 0.316. The van der Waals surface area contributed by atoms with Crippen LogP contribution in [-0.2, 0) is 16.1 Å². The van der Waals surface area contributed by atoms with Crippen LogP contribution in [0.25, 0.3) is 10.9 Å². The third-order valence-corrected chi connectivity index (χ3v) is 4.72. The van der Waals surface area contributed by atoms with E-state index >= 15 is 0 Å². The number of Topliss-reactive ketones (excluding diaryl/α,β-unsaturated/α-hetero) is 1. The summed E-state index contributed by atoms with van der Waals surface area (Å²) in [5.41, 5.74) is 1.72. The minimum absolute atomic E-state index is 0.368. The molecule has 0 radical (unpaired) electrons. The number of ketones is 1. The van der Waals surface area contributed by atoms with Gasteiger partial charge in [-0.2, -0.15) is 5.10 Å². The Morgan fingerprint density at radius 1 is 1.27 bits per heavy atom. The van der Waals surface area contributed by atoms with E-state index in [1.807, 2.05) is 28.9 Å². The minimum atomic E-state index is -0.666. The number of nitrogens with zero attached hydrogens (tertiary/aromatic N) is 2. The highest BCUT2D eigenvalue weighted by Crippen LogP contribution is 2.20. The Morgan fingerprint density at radius 2 is 2.08 bits per heavy atom. The van der Waals surface area contributed by atoms with E-state index in [0.29, 0.717) is 17.2 Å². The molecule has 3 aromatic rings. The van der Waals surface area contributed by atoms with E-state index in [0.717, 1.165) is 43.5 Å². The van der Waals surface area contributed by atoms with Crippen LogP contribution in [0, 0.1) is 5.92 Å². The molecule has 1 aromatic carbocycles. The average Bonchev–Trinajstić information content (AvgIpc) is 3.29. The van der Waals surface area contributed by atoms with E-state index in [1.165, 1.54) is 0 Å². The van der Waals surface area contributed by atoms with Gasteiger partial charge < -0.3 is 15.0 Å². The van der Waals surface area contributed by atoms with Crippen LogP contribution in [0.3, 0.4) is 0 Å². The summed E-state index contributed by atoms with van der Waals surface area (Å²) in [6.45, 7) is 2.36. The summed E-state index contributed by atoms with van der Waals surface area (Å²) in [6, 6.07) is 7.40. The number of hydrogen-bond acceptors (Lipinski definition) is 4. The topological polar surface area (TPSA) is 89.0 Å². The Bertz CT molecular complexity index is 937. The van der Waals surface area contributed by atoms with Gasteiger partial charge in [-0.3, -0.25) is 14.3 Å². The van der Waals surface area contributed by atoms with Gasteiger partial charge in [-0.25, -0.2) is 0 Å². The van der Waals surface area contributed by atoms with Crippen molar-refractivity contribution < 1.29 is 14.3 Å². The largest absolute Gasteiger partial charge is 0.381 e. The third kappa shape index (κ3) is 3.39. The monoisotopic (exact) mass is 352 g/mol. The van der Waals surface area contributed by atoms with Crippen molar-refractivity contribution in [2.75, 3.05) is 18.5 Å². The molecular weight excluding hydrogens is 332 g/mol. The number of benzene rings is 1. The van der Waals surface area contributed by atoms with Crippen LogP contribution < -0.4 is 5.32 Å². The number of nitrogens with one attached hydrogen (secondary N) is 2. The molecule has 7 nitrogen and oxygen atoms in total. The average molecular weight is 352 g/mol. The summed E-state index contributed by atoms with van der Waals surface area (Å²) in [5, 5.41) is 7.66. The molecule has 1 aliphatic heterocycles. The number of anilines is 1. The zero-order chi connectivity index (χ0) is 17.9. The van der Waals surface area contributed by atoms with Crippen LogP contribution >= 0.6 is 0 Å². The Balaban J connectivity index is 1.42. The van der Waals surface area contributed by atoms with Crippen molar-refractivity contribution in [1.82, 2.24) is 14.8 Å². The standard InChI is InChI=1S/C19H20N4O3/c24-18(16-10-20-17-4-2-1-3-15(16)17)19(25)22-14-9-21-23(12-14)11-13-5-7-26-8-6-13/h1-4,9-10,12-13,20H,5-8,11H2,(H,22,25). The summed E-state index contributed by atoms with van der Waals surface area (Å²) in [6.07, 6.45) is 6.93. The third-order valence-electron chi connectivity index (χ3n) is 4.72. The number of para-hydroxylation sites is 1. The van der Waals surface area contributed by atoms with Crippen molar-refractivity contribution in [3.8, 4) is 0 Å². The van der Waals surface area contributed by atoms with Crippen molar-refractivity contribution in [1.29, 1.82) is 0 Å². The van der Waals surface area contributed by atoms with Gasteiger partial charge in [0.25, 0.3) is 11.7 Å². The number of aromatic amines is 1. The Kier molecular flexibility index (Phi) is 4.53. The molecule has 1 amide bonds. The summed E-state index contributed by atoms with van der Waals surface area (Å²) in [4.78, 5) is 27.8. The van der Waals surface area contributed by atoms with Gasteiger partial charge in [0.2, 0.25) is 0 Å². The number of H-pyrrole nitrogens is 1. The van der Waals surface area contributed by atoms with Crippen LogP contribution in [0.4, 0.5) is 5.69 Å². The normalized spacial score (nSPS) is 15.2. The lowest BCUT2D eigenvalue weighted by Crippen LogP contribution is -2.22. The molecule has 0 aliphatic carbocycles. The Labute approximate surface area is 150 Å². The molecule has 2 aromatic heterocycles. The van der Waals surface area contributed by atoms with Crippen LogP contribution in [0.15, 0.2) is 42.9 Å². The highest BCUT2D eigenvalue weighted by molar-refractivity contribution is 6.48. The zero-order valence-corrected chi connectivity index (χ0v) is 14.3. The zero-order valence-electron chi connectivity index (χ0n) is 14.3. The van der Waals surface area contributed by atoms with E-state index in [-0.39, 0.29) is 0 Å². The highest BCUT2D eigenvalue weighted by atomic mass is 16.5. The fourth-order valence-electron chi connectivity index (χ4n) is 3.29. The van der Waals surface area contributed by atoms with Gasteiger partial charge in [0.15, 0.2) is 0 Å². The van der Waals surface area contributed by atoms with E-state index in [9.17, 15) is 9.59 Å². The first-order valence-electron chi connectivity index (χ1n) is 8.73. The summed E-state index contributed by atoms with van der Waals surface area (Å²) in [5.74, 6) is -0.708. The predicted octanol–water partition coefficient (Wildman–Crippen LogP) is 2.61. The predicted molar refractivity (Wildman–Crippen MR) is 97.0 cm³/mol. The molecule has 134 valence electrons. The maximum absolute atomic E-state index is 12.5. The molecule has 1 aliphatic rings. The van der Waals surface area contributed by atoms with Gasteiger partial charge in [-0.1, -0.05) is 18.2 Å². The first-order chi connectivity index (χ1) is 12.7. The molecule has 4 rings (SSSR count). The quantitative estimate of drug-likeness (QED) is 0.546. The first kappa shape index (κ1) is 16.5. The number of rotatable bonds is 5. The van der Waals surface area contributed by atoms with Gasteiger partial charge in [0.05, 0.1) is 17.4 Å². The second-order valence-electron chi connectivity index (χ2n) is 6.54. The molecule has 3 heterocycles. The van der Waals surface area contributed by atoms with Crippen molar-refractivity contribution in [3.63, 3.8) is 0 Å². The van der Waals surface area contributed by atoms with Crippen molar-refractivity contribution in [2.24, 2.45) is 5.92 Å². The molecule has 0 spiro atoms. The summed E-state index contributed by atoms with van der Waals surface area (Å²) < 4.78 is 7.17. The smallest absolute Gasteiger partial charge is 0.296 e. The van der Waals surface area contributed by atoms with E-state index in [4.69, 9.17) is 4.74 Å². The van der Waals surface area contributed by atoms with Gasteiger partial charge in [-0.15, -0.1) is 0 Å². The summed E-state index contributed by atoms with van der Waals surface area (Å²) in [7, 11) is 0. The molecule has 0 saturated carbocycles. The highest BCUT2D eigenvalue weighted by Gasteiger charge is 2.21. The number of fused-ring (bicyclic) bond motifs is 1. The molecule has 0 bridgehead atoms. The SMILES string of the molecule is O=C(Nc1cnn(CC2CCOCC2)c1)C(=O)c1c[nH]c2ccccc12. The summed E-state index contributed by atoms with van der Waals surface area (Å²) >= 11 is 0. The van der Waals surface area contributed by atoms with Crippen molar-refractivity contribution in [3.05, 3.63) is 48.4 Å². The minimum Gasteiger partial charge on any atom is -0.381 e. The van der Waals surface area contributed by atoms with E-state index < -0.39 is 11.7 Å². The van der Waals surface area contributed by atoms with E-state index in [2.05, 4.69) is 15.4 Å².